The summed E-state index contributed by atoms with van der Waals surface area (Å²) in [5, 5.41) is 0. The van der Waals surface area contributed by atoms with Crippen LogP contribution in [0.3, 0.4) is 0 Å². The molecule has 4 heteroatoms. The Balaban J connectivity index is 0. The van der Waals surface area contributed by atoms with Crippen molar-refractivity contribution in [1.82, 2.24) is 0 Å². The zero-order valence-corrected chi connectivity index (χ0v) is 9.45. The number of hydrogen-bond acceptors (Lipinski definition) is 0. The minimum Gasteiger partial charge on any atom is -0.404 e. The summed E-state index contributed by atoms with van der Waals surface area (Å²) in [5.41, 5.74) is 0. The summed E-state index contributed by atoms with van der Waals surface area (Å²) in [4.78, 5) is 0. The molecular formula is H3AlBiClF. The third-order valence-corrected chi connectivity index (χ3v) is 0. The Bertz CT molecular complexity index is 8.00. The van der Waals surface area contributed by atoms with Gasteiger partial charge in [0.05, 0.1) is 0 Å². The average molecular weight is 293 g/mol. The first-order valence-corrected chi connectivity index (χ1v) is 2.62. The first-order chi connectivity index (χ1) is 1.41. The second-order valence-electron chi connectivity index (χ2n) is 0.0825. The van der Waals surface area contributed by atoms with Crippen LogP contribution >= 0.6 is 10.0 Å². The zero-order chi connectivity index (χ0) is 2.71. The van der Waals surface area contributed by atoms with Crippen LogP contribution in [0.4, 0.5) is 3.52 Å². The third kappa shape index (κ3) is 9.44. The molecule has 0 aromatic heterocycles. The van der Waals surface area contributed by atoms with Gasteiger partial charge < -0.3 is 3.52 Å². The van der Waals surface area contributed by atoms with Gasteiger partial charge in [-0.05, 0) is 0 Å². The first-order valence-electron chi connectivity index (χ1n) is 0.436. The summed E-state index contributed by atoms with van der Waals surface area (Å²) in [5.74, 6) is 0. The van der Waals surface area contributed by atoms with E-state index in [1.165, 1.54) is 0 Å². The summed E-state index contributed by atoms with van der Waals surface area (Å²) >= 11 is -1.28. The molecule has 0 atom stereocenters. The molecule has 0 saturated carbocycles. The standard InChI is InChI=1S/Al.Bi.ClH.FH.3H/h;;2*1H;;;/q+2;;;;;;/p-2. The summed E-state index contributed by atoms with van der Waals surface area (Å²) in [7, 11) is 4.42. The van der Waals surface area contributed by atoms with Crippen LogP contribution in [-0.2, 0) is 0 Å². The van der Waals surface area contributed by atoms with Crippen LogP contribution < -0.4 is 0 Å². The Labute approximate surface area is 54.2 Å². The molecule has 0 aliphatic rings. The van der Waals surface area contributed by atoms with Gasteiger partial charge in [0.1, 0.15) is 0 Å². The second kappa shape index (κ2) is 8.82. The summed E-state index contributed by atoms with van der Waals surface area (Å²) in [6, 6.07) is 0. The predicted octanol–water partition coefficient (Wildman–Crippen LogP) is -0.455. The molecule has 0 spiro atoms. The van der Waals surface area contributed by atoms with Crippen LogP contribution in [0.25, 0.3) is 0 Å². The van der Waals surface area contributed by atoms with Gasteiger partial charge in [-0.15, -0.1) is 0 Å². The molecule has 0 aliphatic heterocycles. The maximum atomic E-state index is 10.1. The van der Waals surface area contributed by atoms with Gasteiger partial charge in [-0.1, -0.05) is 0 Å². The van der Waals surface area contributed by atoms with Crippen LogP contribution in [0.2, 0.25) is 0 Å². The SMILES string of the molecule is [BiH3].[F][Al][Cl]. The van der Waals surface area contributed by atoms with E-state index in [1.807, 2.05) is 0 Å². The Morgan fingerprint density at radius 3 is 1.75 bits per heavy atom. The van der Waals surface area contributed by atoms with Gasteiger partial charge in [0, 0.05) is 0 Å². The molecule has 0 fully saturated rings. The molecule has 0 aliphatic carbocycles. The molecule has 0 saturated heterocycles. The predicted molar refractivity (Wildman–Crippen MR) is 22.7 cm³/mol. The molecule has 0 aromatic rings. The van der Waals surface area contributed by atoms with Crippen molar-refractivity contribution < 1.29 is 3.52 Å². The Morgan fingerprint density at radius 2 is 1.75 bits per heavy atom. The van der Waals surface area contributed by atoms with Crippen molar-refractivity contribution in [3.8, 4) is 0 Å². The molecule has 0 aromatic carbocycles. The maximum Gasteiger partial charge on any atom is 0.624 e. The molecule has 0 rings (SSSR count). The summed E-state index contributed by atoms with van der Waals surface area (Å²) in [6.45, 7) is 0. The van der Waals surface area contributed by atoms with Crippen molar-refractivity contribution in [3.05, 3.63) is 0 Å². The van der Waals surface area contributed by atoms with E-state index in [9.17, 15) is 3.52 Å². The van der Waals surface area contributed by atoms with Crippen LogP contribution in [-0.4, -0.2) is 41.0 Å². The largest absolute Gasteiger partial charge is 0.624 e. The van der Waals surface area contributed by atoms with E-state index in [-0.39, 0.29) is 26.2 Å². The Hall–Kier alpha value is 1.64. The van der Waals surface area contributed by atoms with Gasteiger partial charge in [-0.2, -0.15) is 0 Å². The van der Waals surface area contributed by atoms with Crippen molar-refractivity contribution in [2.45, 2.75) is 0 Å². The van der Waals surface area contributed by atoms with Crippen molar-refractivity contribution in [1.29, 1.82) is 0 Å². The molecule has 0 amide bonds. The molecular weight excluding hydrogens is 290 g/mol. The van der Waals surface area contributed by atoms with E-state index in [0.29, 0.717) is 0 Å². The Kier molecular flexibility index (Phi) is 20.2. The average Bonchev–Trinajstić information content (AvgIpc) is 0.918. The minimum absolute atomic E-state index is 0. The van der Waals surface area contributed by atoms with Crippen molar-refractivity contribution in [2.75, 3.05) is 0 Å². The van der Waals surface area contributed by atoms with E-state index in [1.54, 1.807) is 0 Å². The molecule has 4 heavy (non-hydrogen) atoms. The van der Waals surface area contributed by atoms with E-state index in [0.717, 1.165) is 0 Å². The minimum atomic E-state index is -1.28. The maximum absolute atomic E-state index is 10.1. The van der Waals surface area contributed by atoms with Gasteiger partial charge in [0.25, 0.3) is 0 Å². The third-order valence-electron chi connectivity index (χ3n) is 0. The molecule has 1 radical (unpaired) electrons. The molecule has 0 nitrogen and oxygen atoms in total. The van der Waals surface area contributed by atoms with Gasteiger partial charge in [0.15, 0.2) is 0 Å². The van der Waals surface area contributed by atoms with Crippen LogP contribution in [0, 0.1) is 0 Å². The number of halogens is 2. The topological polar surface area (TPSA) is 0 Å². The smallest absolute Gasteiger partial charge is 0.404 e. The fourth-order valence-electron chi connectivity index (χ4n) is 0. The fraction of sp³-hybridized carbons (Fsp3) is 0. The molecule has 0 N–H and O–H groups in total. The van der Waals surface area contributed by atoms with Crippen molar-refractivity contribution in [2.24, 2.45) is 0 Å². The normalized spacial score (nSPS) is 3.50. The molecule has 25 valence electrons. The number of hydrogen-bond donors (Lipinski definition) is 0. The van der Waals surface area contributed by atoms with E-state index in [4.69, 9.17) is 0 Å². The van der Waals surface area contributed by atoms with E-state index < -0.39 is 14.8 Å². The van der Waals surface area contributed by atoms with Crippen LogP contribution in [0.1, 0.15) is 0 Å². The number of rotatable bonds is 0. The van der Waals surface area contributed by atoms with Crippen LogP contribution in [0.5, 0.6) is 0 Å². The Morgan fingerprint density at radius 1 is 1.75 bits per heavy atom. The van der Waals surface area contributed by atoms with E-state index >= 15 is 0 Å². The summed E-state index contributed by atoms with van der Waals surface area (Å²) < 4.78 is 10.1. The van der Waals surface area contributed by atoms with Gasteiger partial charge in [0.2, 0.25) is 0 Å². The van der Waals surface area contributed by atoms with Crippen LogP contribution in [0.15, 0.2) is 0 Å². The monoisotopic (exact) mass is 293 g/mol. The van der Waals surface area contributed by atoms with Gasteiger partial charge >= 0.3 is 41.0 Å². The van der Waals surface area contributed by atoms with E-state index in [2.05, 4.69) is 10.0 Å². The molecule has 0 heterocycles. The van der Waals surface area contributed by atoms with Gasteiger partial charge in [-0.25, -0.2) is 10.0 Å². The van der Waals surface area contributed by atoms with Crippen molar-refractivity contribution in [3.63, 3.8) is 0 Å². The zero-order valence-electron chi connectivity index (χ0n) is 2.04. The van der Waals surface area contributed by atoms with Gasteiger partial charge in [-0.3, -0.25) is 0 Å². The first kappa shape index (κ1) is 9.16. The molecule has 0 bridgehead atoms. The summed E-state index contributed by atoms with van der Waals surface area (Å²) in [6.07, 6.45) is 0. The quantitative estimate of drug-likeness (QED) is 0.531. The fourth-order valence-corrected chi connectivity index (χ4v) is 0. The van der Waals surface area contributed by atoms with Crippen molar-refractivity contribution >= 4 is 51.0 Å². The second-order valence-corrected chi connectivity index (χ2v) is 0.742. The molecule has 0 unspecified atom stereocenters.